The molecule has 0 spiro atoms. The van der Waals surface area contributed by atoms with Crippen LogP contribution in [0.15, 0.2) is 42.5 Å². The Morgan fingerprint density at radius 3 is 2.93 bits per heavy atom. The molecule has 0 amide bonds. The molecular weight excluding hydrogens is 358 g/mol. The largest absolute Gasteiger partial charge is 0.497 e. The molecule has 4 rings (SSSR count). The average molecular weight is 382 g/mol. The van der Waals surface area contributed by atoms with E-state index in [1.165, 1.54) is 24.0 Å². The number of hydrogen-bond acceptors (Lipinski definition) is 3. The van der Waals surface area contributed by atoms with Gasteiger partial charge in [-0.05, 0) is 61.6 Å². The molecule has 1 N–H and O–H groups in total. The monoisotopic (exact) mass is 381 g/mol. The second-order valence-corrected chi connectivity index (χ2v) is 7.47. The van der Waals surface area contributed by atoms with Gasteiger partial charge < -0.3 is 10.1 Å². The summed E-state index contributed by atoms with van der Waals surface area (Å²) in [6.07, 6.45) is 4.17. The number of methoxy groups -OCH3 is 1. The lowest BCUT2D eigenvalue weighted by atomic mass is 10.0. The Labute approximate surface area is 165 Å². The van der Waals surface area contributed by atoms with Crippen LogP contribution in [0.25, 0.3) is 5.69 Å². The zero-order valence-electron chi connectivity index (χ0n) is 15.8. The molecule has 27 heavy (non-hydrogen) atoms. The maximum atomic E-state index is 6.28. The normalized spacial score (nSPS) is 13.6. The Morgan fingerprint density at radius 1 is 1.19 bits per heavy atom. The lowest BCUT2D eigenvalue weighted by Crippen LogP contribution is -2.08. The van der Waals surface area contributed by atoms with Crippen LogP contribution < -0.4 is 10.1 Å². The van der Waals surface area contributed by atoms with Gasteiger partial charge in [0.25, 0.3) is 0 Å². The van der Waals surface area contributed by atoms with Gasteiger partial charge >= 0.3 is 0 Å². The van der Waals surface area contributed by atoms with Crippen molar-refractivity contribution < 1.29 is 4.74 Å². The highest BCUT2D eigenvalue weighted by atomic mass is 35.5. The number of ether oxygens (including phenoxy) is 1. The topological polar surface area (TPSA) is 39.1 Å². The van der Waals surface area contributed by atoms with E-state index in [0.717, 1.165) is 52.9 Å². The fourth-order valence-electron chi connectivity index (χ4n) is 3.68. The van der Waals surface area contributed by atoms with E-state index >= 15 is 0 Å². The first-order chi connectivity index (χ1) is 13.2. The fraction of sp³-hybridized carbons (Fsp3) is 0.318. The Hall–Kier alpha value is -2.46. The van der Waals surface area contributed by atoms with E-state index in [1.54, 1.807) is 7.11 Å². The predicted molar refractivity (Wildman–Crippen MR) is 111 cm³/mol. The summed E-state index contributed by atoms with van der Waals surface area (Å²) in [4.78, 5) is 0. The standard InChI is InChI=1S/C22H24ClN3O/c1-15-9-10-17(23)14-21(15)26-22-19(8-3-4-11-24-22)20(25-26)13-16-6-5-7-18(12-16)27-2/h5-7,9-10,12,14,24H,3-4,8,11,13H2,1-2H3. The number of fused-ring (bicyclic) bond motifs is 1. The van der Waals surface area contributed by atoms with Crippen molar-refractivity contribution in [2.24, 2.45) is 0 Å². The molecule has 0 bridgehead atoms. The summed E-state index contributed by atoms with van der Waals surface area (Å²) in [5.74, 6) is 1.98. The maximum Gasteiger partial charge on any atom is 0.133 e. The minimum absolute atomic E-state index is 0.725. The van der Waals surface area contributed by atoms with Crippen molar-refractivity contribution >= 4 is 17.4 Å². The van der Waals surface area contributed by atoms with Crippen molar-refractivity contribution in [3.63, 3.8) is 0 Å². The van der Waals surface area contributed by atoms with E-state index in [1.807, 2.05) is 35.0 Å². The SMILES string of the molecule is COc1cccc(Cc2nn(-c3cc(Cl)ccc3C)c3c2CCCCN3)c1. The minimum Gasteiger partial charge on any atom is -0.497 e. The van der Waals surface area contributed by atoms with E-state index in [2.05, 4.69) is 24.4 Å². The molecule has 0 radical (unpaired) electrons. The molecule has 140 valence electrons. The van der Waals surface area contributed by atoms with Gasteiger partial charge in [-0.25, -0.2) is 4.68 Å². The van der Waals surface area contributed by atoms with Crippen molar-refractivity contribution in [1.82, 2.24) is 9.78 Å². The van der Waals surface area contributed by atoms with E-state index in [9.17, 15) is 0 Å². The van der Waals surface area contributed by atoms with Crippen LogP contribution >= 0.6 is 11.6 Å². The summed E-state index contributed by atoms with van der Waals surface area (Å²) < 4.78 is 7.42. The van der Waals surface area contributed by atoms with Gasteiger partial charge in [0.2, 0.25) is 0 Å². The summed E-state index contributed by atoms with van der Waals surface area (Å²) in [6.45, 7) is 3.06. The maximum absolute atomic E-state index is 6.28. The molecule has 3 aromatic rings. The molecule has 0 fully saturated rings. The van der Waals surface area contributed by atoms with E-state index < -0.39 is 0 Å². The fourth-order valence-corrected chi connectivity index (χ4v) is 3.84. The Bertz CT molecular complexity index is 964. The van der Waals surface area contributed by atoms with Crippen LogP contribution in [0.4, 0.5) is 5.82 Å². The second kappa shape index (κ2) is 7.65. The third kappa shape index (κ3) is 3.67. The van der Waals surface area contributed by atoms with Crippen LogP contribution in [0, 0.1) is 6.92 Å². The summed E-state index contributed by atoms with van der Waals surface area (Å²) in [5.41, 5.74) is 5.82. The van der Waals surface area contributed by atoms with Gasteiger partial charge in [-0.3, -0.25) is 0 Å². The molecule has 1 aliphatic rings. The molecule has 0 atom stereocenters. The lowest BCUT2D eigenvalue weighted by molar-refractivity contribution is 0.414. The third-order valence-electron chi connectivity index (χ3n) is 5.12. The van der Waals surface area contributed by atoms with Gasteiger partial charge in [-0.1, -0.05) is 29.8 Å². The third-order valence-corrected chi connectivity index (χ3v) is 5.35. The molecule has 0 aliphatic carbocycles. The van der Waals surface area contributed by atoms with Crippen LogP contribution in [0.3, 0.4) is 0 Å². The zero-order chi connectivity index (χ0) is 18.8. The van der Waals surface area contributed by atoms with Crippen molar-refractivity contribution in [2.75, 3.05) is 19.0 Å². The Morgan fingerprint density at radius 2 is 2.07 bits per heavy atom. The number of anilines is 1. The summed E-state index contributed by atoms with van der Waals surface area (Å²) in [5, 5.41) is 9.34. The quantitative estimate of drug-likeness (QED) is 0.676. The number of benzene rings is 2. The lowest BCUT2D eigenvalue weighted by Gasteiger charge is -2.12. The Balaban J connectivity index is 1.80. The van der Waals surface area contributed by atoms with Crippen LogP contribution in [0.5, 0.6) is 5.75 Å². The van der Waals surface area contributed by atoms with Gasteiger partial charge in [0.05, 0.1) is 18.5 Å². The van der Waals surface area contributed by atoms with Crippen LogP contribution in [0.1, 0.15) is 35.2 Å². The number of aromatic nitrogens is 2. The molecule has 0 saturated carbocycles. The van der Waals surface area contributed by atoms with Gasteiger partial charge in [-0.15, -0.1) is 0 Å². The summed E-state index contributed by atoms with van der Waals surface area (Å²) in [7, 11) is 1.70. The number of halogens is 1. The average Bonchev–Trinajstić information content (AvgIpc) is 2.85. The first-order valence-corrected chi connectivity index (χ1v) is 9.77. The summed E-state index contributed by atoms with van der Waals surface area (Å²) in [6, 6.07) is 14.2. The van der Waals surface area contributed by atoms with Crippen molar-refractivity contribution in [2.45, 2.75) is 32.6 Å². The smallest absolute Gasteiger partial charge is 0.133 e. The molecule has 2 aromatic carbocycles. The van der Waals surface area contributed by atoms with Crippen molar-refractivity contribution in [1.29, 1.82) is 0 Å². The van der Waals surface area contributed by atoms with Crippen molar-refractivity contribution in [3.05, 3.63) is 69.9 Å². The van der Waals surface area contributed by atoms with Gasteiger partial charge in [0.15, 0.2) is 0 Å². The molecule has 5 heteroatoms. The molecule has 4 nitrogen and oxygen atoms in total. The highest BCUT2D eigenvalue weighted by Crippen LogP contribution is 2.31. The zero-order valence-corrected chi connectivity index (χ0v) is 16.5. The van der Waals surface area contributed by atoms with Crippen LogP contribution in [-0.2, 0) is 12.8 Å². The second-order valence-electron chi connectivity index (χ2n) is 7.03. The van der Waals surface area contributed by atoms with Crippen molar-refractivity contribution in [3.8, 4) is 11.4 Å². The van der Waals surface area contributed by atoms with E-state index in [-0.39, 0.29) is 0 Å². The highest BCUT2D eigenvalue weighted by molar-refractivity contribution is 6.30. The van der Waals surface area contributed by atoms with Crippen LogP contribution in [-0.4, -0.2) is 23.4 Å². The molecule has 2 heterocycles. The highest BCUT2D eigenvalue weighted by Gasteiger charge is 2.21. The number of hydrogen-bond donors (Lipinski definition) is 1. The molecule has 1 aliphatic heterocycles. The van der Waals surface area contributed by atoms with Gasteiger partial charge in [0.1, 0.15) is 11.6 Å². The van der Waals surface area contributed by atoms with E-state index in [4.69, 9.17) is 21.4 Å². The number of nitrogens with zero attached hydrogens (tertiary/aromatic N) is 2. The Kier molecular flexibility index (Phi) is 5.08. The van der Waals surface area contributed by atoms with E-state index in [0.29, 0.717) is 0 Å². The van der Waals surface area contributed by atoms with Gasteiger partial charge in [-0.2, -0.15) is 5.10 Å². The van der Waals surface area contributed by atoms with Gasteiger partial charge in [0, 0.05) is 23.6 Å². The predicted octanol–water partition coefficient (Wildman–Crippen LogP) is 5.18. The number of nitrogens with one attached hydrogen (secondary N) is 1. The number of aryl methyl sites for hydroxylation is 1. The number of rotatable bonds is 4. The van der Waals surface area contributed by atoms with Crippen LogP contribution in [0.2, 0.25) is 5.02 Å². The minimum atomic E-state index is 0.725. The first kappa shape index (κ1) is 17.9. The molecule has 1 aromatic heterocycles. The summed E-state index contributed by atoms with van der Waals surface area (Å²) >= 11 is 6.28. The molecular formula is C22H24ClN3O. The first-order valence-electron chi connectivity index (χ1n) is 9.40. The molecule has 0 saturated heterocycles. The molecule has 0 unspecified atom stereocenters.